The maximum absolute atomic E-state index is 11.9. The summed E-state index contributed by atoms with van der Waals surface area (Å²) in [7, 11) is 0. The number of carbonyl (C=O) groups is 1. The third-order valence-corrected chi connectivity index (χ3v) is 7.15. The van der Waals surface area contributed by atoms with Gasteiger partial charge in [0.25, 0.3) is 0 Å². The Morgan fingerprint density at radius 2 is 2.10 bits per heavy atom. The predicted molar refractivity (Wildman–Crippen MR) is 119 cm³/mol. The van der Waals surface area contributed by atoms with Crippen molar-refractivity contribution < 1.29 is 9.53 Å². The van der Waals surface area contributed by atoms with E-state index in [9.17, 15) is 4.79 Å². The lowest BCUT2D eigenvalue weighted by Gasteiger charge is -2.48. The molecule has 4 heterocycles. The van der Waals surface area contributed by atoms with Crippen LogP contribution in [0.3, 0.4) is 0 Å². The van der Waals surface area contributed by atoms with E-state index in [0.717, 1.165) is 62.0 Å². The maximum Gasteiger partial charge on any atom is 0.409 e. The zero-order chi connectivity index (χ0) is 21.4. The molecule has 2 aromatic heterocycles. The van der Waals surface area contributed by atoms with E-state index in [1.165, 1.54) is 19.3 Å². The zero-order valence-electron chi connectivity index (χ0n) is 18.5. The minimum atomic E-state index is -0.150. The number of anilines is 1. The first-order chi connectivity index (χ1) is 15.1. The van der Waals surface area contributed by atoms with Gasteiger partial charge in [0.1, 0.15) is 5.82 Å². The van der Waals surface area contributed by atoms with Gasteiger partial charge in [0.05, 0.1) is 12.3 Å². The summed E-state index contributed by atoms with van der Waals surface area (Å²) >= 11 is 0. The highest BCUT2D eigenvalue weighted by molar-refractivity contribution is 5.73. The number of rotatable bonds is 4. The number of aromatic nitrogens is 3. The highest BCUT2D eigenvalue weighted by Crippen LogP contribution is 2.47. The van der Waals surface area contributed by atoms with E-state index in [4.69, 9.17) is 9.72 Å². The first-order valence-corrected chi connectivity index (χ1v) is 11.4. The minimum Gasteiger partial charge on any atom is -0.450 e. The number of pyridine rings is 1. The first-order valence-electron chi connectivity index (χ1n) is 11.4. The third-order valence-electron chi connectivity index (χ3n) is 7.15. The second-order valence-electron chi connectivity index (χ2n) is 9.29. The van der Waals surface area contributed by atoms with Gasteiger partial charge in [-0.05, 0) is 51.3 Å². The molecule has 0 unspecified atom stereocenters. The van der Waals surface area contributed by atoms with Crippen LogP contribution in [0.2, 0.25) is 0 Å². The van der Waals surface area contributed by atoms with E-state index in [-0.39, 0.29) is 6.09 Å². The fraction of sp³-hybridized carbons (Fsp3) is 0.609. The lowest BCUT2D eigenvalue weighted by molar-refractivity contribution is -0.00294. The van der Waals surface area contributed by atoms with Crippen molar-refractivity contribution >= 4 is 11.9 Å². The van der Waals surface area contributed by atoms with Gasteiger partial charge in [-0.1, -0.05) is 0 Å². The van der Waals surface area contributed by atoms with Gasteiger partial charge < -0.3 is 14.5 Å². The highest BCUT2D eigenvalue weighted by Gasteiger charge is 2.51. The van der Waals surface area contributed by atoms with E-state index < -0.39 is 0 Å². The summed E-state index contributed by atoms with van der Waals surface area (Å²) in [6, 6.07) is 6.79. The van der Waals surface area contributed by atoms with Crippen LogP contribution in [-0.4, -0.2) is 83.0 Å². The molecule has 1 amide bonds. The van der Waals surface area contributed by atoms with E-state index >= 15 is 0 Å². The van der Waals surface area contributed by atoms with Crippen molar-refractivity contribution in [1.29, 1.82) is 0 Å². The molecule has 1 atom stereocenters. The second kappa shape index (κ2) is 8.15. The van der Waals surface area contributed by atoms with Crippen LogP contribution in [0.15, 0.2) is 24.4 Å². The Labute approximate surface area is 183 Å². The molecule has 0 radical (unpaired) electrons. The normalized spacial score (nSPS) is 23.2. The Kier molecular flexibility index (Phi) is 5.33. The molecular formula is C23H32N6O2. The smallest absolute Gasteiger partial charge is 0.409 e. The third kappa shape index (κ3) is 3.89. The standard InChI is InChI=1S/C23H32N6O2/c1-3-31-22(30)29-15-23(16-29)7-6-18(14-23)27-9-11-28(12-10-27)21-19(5-4-8-24-21)20-13-17(2)25-26-20/h4-5,8,13,18H,3,6-7,9-12,14-16H2,1-2H3,(H,25,26)/t18-/m1/s1. The van der Waals surface area contributed by atoms with E-state index in [0.29, 0.717) is 18.1 Å². The number of aromatic amines is 1. The monoisotopic (exact) mass is 424 g/mol. The molecular weight excluding hydrogens is 392 g/mol. The van der Waals surface area contributed by atoms with Crippen molar-refractivity contribution in [3.8, 4) is 11.3 Å². The quantitative estimate of drug-likeness (QED) is 0.813. The first kappa shape index (κ1) is 20.3. The van der Waals surface area contributed by atoms with Gasteiger partial charge in [-0.15, -0.1) is 0 Å². The molecule has 2 aromatic rings. The van der Waals surface area contributed by atoms with Crippen LogP contribution in [0.25, 0.3) is 11.3 Å². The molecule has 0 bridgehead atoms. The number of piperazine rings is 1. The van der Waals surface area contributed by atoms with E-state index in [2.05, 4.69) is 32.1 Å². The number of hydrogen-bond donors (Lipinski definition) is 1. The Balaban J connectivity index is 1.18. The van der Waals surface area contributed by atoms with Crippen molar-refractivity contribution in [3.63, 3.8) is 0 Å². The number of aryl methyl sites for hydroxylation is 1. The Hall–Kier alpha value is -2.61. The van der Waals surface area contributed by atoms with Crippen LogP contribution in [0, 0.1) is 12.3 Å². The van der Waals surface area contributed by atoms with Gasteiger partial charge in [0.15, 0.2) is 0 Å². The van der Waals surface area contributed by atoms with Crippen LogP contribution < -0.4 is 4.90 Å². The average molecular weight is 425 g/mol. The number of amides is 1. The molecule has 8 heteroatoms. The molecule has 2 saturated heterocycles. The summed E-state index contributed by atoms with van der Waals surface area (Å²) in [6.07, 6.45) is 5.37. The fourth-order valence-electron chi connectivity index (χ4n) is 5.59. The van der Waals surface area contributed by atoms with Crippen molar-refractivity contribution in [2.24, 2.45) is 5.41 Å². The number of carbonyl (C=O) groups excluding carboxylic acids is 1. The van der Waals surface area contributed by atoms with Gasteiger partial charge >= 0.3 is 6.09 Å². The van der Waals surface area contributed by atoms with Gasteiger partial charge in [-0.25, -0.2) is 9.78 Å². The predicted octanol–water partition coefficient (Wildman–Crippen LogP) is 2.91. The molecule has 166 valence electrons. The molecule has 0 aromatic carbocycles. The number of hydrogen-bond acceptors (Lipinski definition) is 6. The summed E-state index contributed by atoms with van der Waals surface area (Å²) in [5, 5.41) is 7.48. The lowest BCUT2D eigenvalue weighted by atomic mass is 9.78. The molecule has 1 spiro atoms. The molecule has 1 saturated carbocycles. The summed E-state index contributed by atoms with van der Waals surface area (Å²) in [5.41, 5.74) is 3.42. The van der Waals surface area contributed by atoms with Crippen LogP contribution >= 0.6 is 0 Å². The van der Waals surface area contributed by atoms with Crippen molar-refractivity contribution in [2.75, 3.05) is 50.8 Å². The van der Waals surface area contributed by atoms with Crippen LogP contribution in [-0.2, 0) is 4.74 Å². The number of likely N-dealkylation sites (tertiary alicyclic amines) is 1. The van der Waals surface area contributed by atoms with Crippen LogP contribution in [0.5, 0.6) is 0 Å². The molecule has 8 nitrogen and oxygen atoms in total. The molecule has 2 aliphatic heterocycles. The van der Waals surface area contributed by atoms with Gasteiger partial charge in [-0.2, -0.15) is 5.10 Å². The Morgan fingerprint density at radius 3 is 2.81 bits per heavy atom. The summed E-state index contributed by atoms with van der Waals surface area (Å²) in [4.78, 5) is 23.5. The average Bonchev–Trinajstić information content (AvgIpc) is 3.40. The SMILES string of the molecule is CCOC(=O)N1CC2(CC[C@@H](N3CCN(c4ncccc4-c4cc(C)[nH]n4)CC3)C2)C1. The Morgan fingerprint density at radius 1 is 1.29 bits per heavy atom. The van der Waals surface area contributed by atoms with Crippen molar-refractivity contribution in [2.45, 2.75) is 39.2 Å². The summed E-state index contributed by atoms with van der Waals surface area (Å²) in [6.45, 7) is 10.1. The largest absolute Gasteiger partial charge is 0.450 e. The number of ether oxygens (including phenoxy) is 1. The van der Waals surface area contributed by atoms with E-state index in [1.54, 1.807) is 0 Å². The zero-order valence-corrected chi connectivity index (χ0v) is 18.5. The molecule has 1 aliphatic carbocycles. The number of nitrogens with one attached hydrogen (secondary N) is 1. The van der Waals surface area contributed by atoms with E-state index in [1.807, 2.05) is 31.0 Å². The van der Waals surface area contributed by atoms with Gasteiger partial charge in [-0.3, -0.25) is 10.00 Å². The van der Waals surface area contributed by atoms with Gasteiger partial charge in [0, 0.05) is 68.2 Å². The fourth-order valence-corrected chi connectivity index (χ4v) is 5.59. The summed E-state index contributed by atoms with van der Waals surface area (Å²) in [5.74, 6) is 1.03. The van der Waals surface area contributed by atoms with Crippen LogP contribution in [0.1, 0.15) is 31.9 Å². The summed E-state index contributed by atoms with van der Waals surface area (Å²) < 4.78 is 5.15. The second-order valence-corrected chi connectivity index (χ2v) is 9.29. The topological polar surface area (TPSA) is 77.6 Å². The molecule has 3 fully saturated rings. The minimum absolute atomic E-state index is 0.150. The van der Waals surface area contributed by atoms with Crippen molar-refractivity contribution in [1.82, 2.24) is 25.0 Å². The van der Waals surface area contributed by atoms with Crippen molar-refractivity contribution in [3.05, 3.63) is 30.1 Å². The molecule has 31 heavy (non-hydrogen) atoms. The maximum atomic E-state index is 11.9. The van der Waals surface area contributed by atoms with Gasteiger partial charge in [0.2, 0.25) is 0 Å². The highest BCUT2D eigenvalue weighted by atomic mass is 16.6. The Bertz CT molecular complexity index is 930. The van der Waals surface area contributed by atoms with Crippen LogP contribution in [0.4, 0.5) is 10.6 Å². The molecule has 1 N–H and O–H groups in total. The number of H-pyrrole nitrogens is 1. The molecule has 3 aliphatic rings. The molecule has 5 rings (SSSR count). The number of nitrogens with zero attached hydrogens (tertiary/aromatic N) is 5. The lowest BCUT2D eigenvalue weighted by Crippen LogP contribution is -2.58.